The molecule has 26 N–H and O–H groups in total. The topological polar surface area (TPSA) is 610 Å². The van der Waals surface area contributed by atoms with E-state index in [-0.39, 0.29) is 62.7 Å². The Morgan fingerprint density at radius 3 is 1.64 bits per heavy atom. The van der Waals surface area contributed by atoms with Crippen molar-refractivity contribution in [3.05, 3.63) is 102 Å². The summed E-state index contributed by atoms with van der Waals surface area (Å²) in [6, 6.07) is 4.40. The Morgan fingerprint density at radius 2 is 1.02 bits per heavy atom. The molecule has 4 aromatic rings. The number of fused-ring (bicyclic) bond motifs is 1. The molecule has 11 atom stereocenters. The third-order valence-electron chi connectivity index (χ3n) is 16.8. The SMILES string of the molecule is CC(C)[C@H](NC(=O)[C@H](Cc1ccccc1)NC(=O)[C@H](C)NC(=O)[C@H](C)NC(=O)[C@H](CCC(N)=O)NC(=O)[C@H](CCCN=C(N)N)NC(=O)[C@H](Cc1c[nH]c2ccccc12)NC(=O)CCCCCNC(=O)[C@@H](N)CCCCN)C(=O)N[C@@H](CC(=O)O)C(=O)N[C@@H](CO)C(=O)N[C@@H](Cc1ccc(O)cc1)C(=O)O. The van der Waals surface area contributed by atoms with Gasteiger partial charge in [-0.05, 0) is 106 Å². The number of carboxylic acid groups (broad SMARTS) is 2. The number of unbranched alkanes of at least 4 members (excludes halogenated alkanes) is 3. The summed E-state index contributed by atoms with van der Waals surface area (Å²) in [5, 5.41) is 67.5. The van der Waals surface area contributed by atoms with Crippen molar-refractivity contribution in [2.24, 2.45) is 39.6 Å². The Morgan fingerprint density at radius 1 is 0.491 bits per heavy atom. The average Bonchev–Trinajstić information content (AvgIpc) is 1.54. The lowest BCUT2D eigenvalue weighted by atomic mass is 10.00. The van der Waals surface area contributed by atoms with Crippen LogP contribution >= 0.6 is 0 Å². The number of aliphatic hydroxyl groups is 1. The number of para-hydroxylation sites is 1. The number of primary amides is 1. The van der Waals surface area contributed by atoms with Crippen molar-refractivity contribution in [1.29, 1.82) is 0 Å². The number of phenolic OH excluding ortho intramolecular Hbond substituents is 1. The lowest BCUT2D eigenvalue weighted by Gasteiger charge is -2.28. The van der Waals surface area contributed by atoms with E-state index in [2.05, 4.69) is 68.5 Å². The van der Waals surface area contributed by atoms with Crippen molar-refractivity contribution in [2.45, 2.75) is 190 Å². The number of nitrogens with two attached hydrogens (primary N) is 5. The van der Waals surface area contributed by atoms with Crippen LogP contribution in [0.25, 0.3) is 10.9 Å². The molecule has 12 amide bonds. The van der Waals surface area contributed by atoms with Gasteiger partial charge in [0.2, 0.25) is 70.9 Å². The number of hydrogen-bond donors (Lipinski definition) is 21. The van der Waals surface area contributed by atoms with Crippen LogP contribution in [0, 0.1) is 5.92 Å². The van der Waals surface area contributed by atoms with E-state index in [1.807, 2.05) is 18.2 Å². The predicted molar refractivity (Wildman–Crippen MR) is 387 cm³/mol. The number of rotatable bonds is 48. The highest BCUT2D eigenvalue weighted by atomic mass is 16.4. The molecule has 580 valence electrons. The van der Waals surface area contributed by atoms with E-state index >= 15 is 0 Å². The number of benzene rings is 3. The molecule has 0 spiro atoms. The maximum atomic E-state index is 14.5. The molecule has 3 aromatic carbocycles. The fourth-order valence-corrected chi connectivity index (χ4v) is 10.8. The van der Waals surface area contributed by atoms with E-state index < -0.39 is 175 Å². The monoisotopic (exact) mass is 1480 g/mol. The van der Waals surface area contributed by atoms with Gasteiger partial charge in [0.25, 0.3) is 0 Å². The van der Waals surface area contributed by atoms with Gasteiger partial charge in [0, 0.05) is 62.3 Å². The number of guanidine groups is 1. The second-order valence-corrected chi connectivity index (χ2v) is 25.9. The molecule has 0 aliphatic heterocycles. The highest BCUT2D eigenvalue weighted by molar-refractivity contribution is 6.00. The zero-order valence-corrected chi connectivity index (χ0v) is 59.8. The lowest BCUT2D eigenvalue weighted by molar-refractivity contribution is -0.143. The van der Waals surface area contributed by atoms with Crippen LogP contribution in [0.5, 0.6) is 5.75 Å². The number of amides is 12. The quantitative estimate of drug-likeness (QED) is 0.0116. The molecule has 36 nitrogen and oxygen atoms in total. The highest BCUT2D eigenvalue weighted by Crippen LogP contribution is 2.20. The van der Waals surface area contributed by atoms with Crippen molar-refractivity contribution < 1.29 is 87.5 Å². The molecule has 0 unspecified atom stereocenters. The minimum absolute atomic E-state index is 0.00583. The van der Waals surface area contributed by atoms with E-state index in [0.717, 1.165) is 17.3 Å². The van der Waals surface area contributed by atoms with E-state index in [4.69, 9.17) is 28.7 Å². The maximum Gasteiger partial charge on any atom is 0.326 e. The summed E-state index contributed by atoms with van der Waals surface area (Å²) >= 11 is 0. The third kappa shape index (κ3) is 31.0. The fraction of sp³-hybridized carbons (Fsp3) is 0.500. The molecule has 0 saturated carbocycles. The Balaban J connectivity index is 1.48. The van der Waals surface area contributed by atoms with Gasteiger partial charge in [-0.1, -0.05) is 87.4 Å². The number of carboxylic acids is 2. The Kier molecular flexibility index (Phi) is 37.0. The van der Waals surface area contributed by atoms with E-state index in [1.165, 1.54) is 52.0 Å². The van der Waals surface area contributed by atoms with Crippen LogP contribution in [-0.2, 0) is 86.4 Å². The van der Waals surface area contributed by atoms with Crippen LogP contribution in [-0.4, -0.2) is 207 Å². The molecule has 0 bridgehead atoms. The number of phenols is 1. The van der Waals surface area contributed by atoms with Crippen LogP contribution in [0.15, 0.2) is 90.1 Å². The van der Waals surface area contributed by atoms with Gasteiger partial charge >= 0.3 is 11.9 Å². The van der Waals surface area contributed by atoms with Crippen LogP contribution in [0.2, 0.25) is 0 Å². The predicted octanol–water partition coefficient (Wildman–Crippen LogP) is -3.55. The average molecular weight is 1480 g/mol. The summed E-state index contributed by atoms with van der Waals surface area (Å²) in [4.78, 5) is 196. The zero-order chi connectivity index (χ0) is 78.6. The molecule has 1 heterocycles. The standard InChI is InChI=1S/C70H102N18O18/c1-38(2)58(68(104)85-52(35-57(93)94)65(101)87-54(37-89)67(103)86-53(69(105)106)33-42-23-25-44(90)26-24-42)88-66(102)50(32-41-16-7-5-8-17-41)84-60(96)40(4)79-59(95)39(3)80-62(98)49(27-28-55(73)91)83-63(99)48(21-15-31-77-70(74)75)82-64(100)51(34-43-36-78-47-20-11-10-18-45(43)47)81-56(92)22-9-6-14-30-76-61(97)46(72)19-12-13-29-71/h5,7-8,10-11,16-18,20,23-26,36,38-40,46,48-54,58,78,89-90H,6,9,12-15,19,21-22,27-35,37,71-72H2,1-4H3,(H2,73,91)(H,76,97)(H,79,95)(H,80,98)(H,81,92)(H,82,100)(H,83,99)(H,84,96)(H,85,104)(H,86,103)(H,87,101)(H,88,102)(H,93,94)(H,105,106)(H4,74,75,77)/t39-,40-,46-,48-,49-,50-,51-,52-,53-,54-,58-/m0/s1. The van der Waals surface area contributed by atoms with Gasteiger partial charge in [-0.3, -0.25) is 67.3 Å². The highest BCUT2D eigenvalue weighted by Gasteiger charge is 2.37. The van der Waals surface area contributed by atoms with E-state index in [1.54, 1.807) is 42.6 Å². The van der Waals surface area contributed by atoms with Crippen molar-refractivity contribution in [2.75, 3.05) is 26.2 Å². The van der Waals surface area contributed by atoms with Gasteiger partial charge in [-0.15, -0.1) is 0 Å². The number of aromatic amines is 1. The summed E-state index contributed by atoms with van der Waals surface area (Å²) in [7, 11) is 0. The summed E-state index contributed by atoms with van der Waals surface area (Å²) < 4.78 is 0. The summed E-state index contributed by atoms with van der Waals surface area (Å²) in [6.45, 7) is 5.16. The van der Waals surface area contributed by atoms with Gasteiger partial charge < -0.3 is 113 Å². The molecule has 1 aromatic heterocycles. The first kappa shape index (κ1) is 87.1. The number of aromatic nitrogens is 1. The second kappa shape index (κ2) is 45.1. The Bertz CT molecular complexity index is 3670. The molecule has 4 rings (SSSR count). The van der Waals surface area contributed by atoms with Crippen molar-refractivity contribution in [3.63, 3.8) is 0 Å². The van der Waals surface area contributed by atoms with Gasteiger partial charge in [-0.25, -0.2) is 4.79 Å². The number of carbonyl (C=O) groups excluding carboxylic acids is 12. The van der Waals surface area contributed by atoms with Crippen LogP contribution < -0.4 is 87.2 Å². The van der Waals surface area contributed by atoms with Gasteiger partial charge in [0.15, 0.2) is 5.96 Å². The number of nitrogens with one attached hydrogen (secondary N) is 12. The minimum Gasteiger partial charge on any atom is -0.508 e. The number of aliphatic hydroxyl groups excluding tert-OH is 1. The smallest absolute Gasteiger partial charge is 0.326 e. The molecule has 0 radical (unpaired) electrons. The van der Waals surface area contributed by atoms with E-state index in [0.29, 0.717) is 61.9 Å². The maximum absolute atomic E-state index is 14.5. The lowest BCUT2D eigenvalue weighted by Crippen LogP contribution is -2.61. The second-order valence-electron chi connectivity index (χ2n) is 25.9. The molecule has 0 aliphatic rings. The number of carbonyl (C=O) groups is 14. The molecule has 106 heavy (non-hydrogen) atoms. The fourth-order valence-electron chi connectivity index (χ4n) is 10.8. The van der Waals surface area contributed by atoms with Gasteiger partial charge in [-0.2, -0.15) is 0 Å². The number of hydrogen-bond acceptors (Lipinski definition) is 19. The molecule has 0 fully saturated rings. The van der Waals surface area contributed by atoms with Gasteiger partial charge in [0.1, 0.15) is 66.2 Å². The number of aliphatic carboxylic acids is 2. The normalized spacial score (nSPS) is 14.2. The summed E-state index contributed by atoms with van der Waals surface area (Å²) in [5.74, 6) is -15.2. The first-order valence-electron chi connectivity index (χ1n) is 34.8. The number of nitrogens with zero attached hydrogens (tertiary/aromatic N) is 1. The molecular formula is C70H102N18O18. The van der Waals surface area contributed by atoms with Crippen LogP contribution in [0.4, 0.5) is 0 Å². The van der Waals surface area contributed by atoms with Crippen LogP contribution in [0.3, 0.4) is 0 Å². The zero-order valence-electron chi connectivity index (χ0n) is 59.8. The first-order valence-corrected chi connectivity index (χ1v) is 34.8. The van der Waals surface area contributed by atoms with Crippen molar-refractivity contribution >= 4 is 99.7 Å². The molecular weight excluding hydrogens is 1380 g/mol. The minimum atomic E-state index is -1.96. The Labute approximate surface area is 612 Å². The largest absolute Gasteiger partial charge is 0.508 e. The number of aromatic hydroxyl groups is 1. The van der Waals surface area contributed by atoms with Crippen molar-refractivity contribution in [3.8, 4) is 5.75 Å². The molecule has 36 heteroatoms. The third-order valence-corrected chi connectivity index (χ3v) is 16.8. The molecule has 0 saturated heterocycles. The van der Waals surface area contributed by atoms with Gasteiger partial charge in [0.05, 0.1) is 19.1 Å². The number of aliphatic imine (C=N–C) groups is 1. The summed E-state index contributed by atoms with van der Waals surface area (Å²) in [6.07, 6.45) is 2.53. The van der Waals surface area contributed by atoms with Crippen LogP contribution in [0.1, 0.15) is 121 Å². The Hall–Kier alpha value is -11.3. The summed E-state index contributed by atoms with van der Waals surface area (Å²) in [5.41, 5.74) is 30.4. The number of H-pyrrole nitrogens is 1. The van der Waals surface area contributed by atoms with E-state index in [9.17, 15) is 87.5 Å². The molecule has 0 aliphatic carbocycles. The van der Waals surface area contributed by atoms with Crippen molar-refractivity contribution in [1.82, 2.24) is 63.5 Å². The first-order chi connectivity index (χ1) is 50.3.